The molecule has 0 fully saturated rings. The van der Waals surface area contributed by atoms with E-state index in [0.717, 1.165) is 48.3 Å². The Bertz CT molecular complexity index is 1420. The van der Waals surface area contributed by atoms with Gasteiger partial charge in [-0.2, -0.15) is 0 Å². The first-order valence-corrected chi connectivity index (χ1v) is 15.1. The van der Waals surface area contributed by atoms with E-state index in [4.69, 9.17) is 0 Å². The molecule has 0 saturated carbocycles. The van der Waals surface area contributed by atoms with Crippen molar-refractivity contribution in [3.05, 3.63) is 131 Å². The third-order valence-corrected chi connectivity index (χ3v) is 8.02. The highest BCUT2D eigenvalue weighted by Gasteiger charge is 2.33. The quantitative estimate of drug-likeness (QED) is 0.133. The highest BCUT2D eigenvalue weighted by Crippen LogP contribution is 2.35. The lowest BCUT2D eigenvalue weighted by atomic mass is 9.98. The van der Waals surface area contributed by atoms with Crippen molar-refractivity contribution in [2.24, 2.45) is 0 Å². The summed E-state index contributed by atoms with van der Waals surface area (Å²) in [4.78, 5) is 31.3. The molecule has 4 heteroatoms. The zero-order valence-electron chi connectivity index (χ0n) is 24.0. The number of carbonyl (C=O) groups excluding carboxylic acids is 2. The maximum Gasteiger partial charge on any atom is 0.256 e. The van der Waals surface area contributed by atoms with Crippen molar-refractivity contribution in [2.75, 3.05) is 18.0 Å². The molecule has 0 bridgehead atoms. The van der Waals surface area contributed by atoms with Crippen molar-refractivity contribution in [1.29, 1.82) is 0 Å². The average molecular weight is 545 g/mol. The number of ketones is 1. The molecule has 210 valence electrons. The van der Waals surface area contributed by atoms with Crippen LogP contribution in [0.1, 0.15) is 77.3 Å². The monoisotopic (exact) mass is 544 g/mol. The highest BCUT2D eigenvalue weighted by molar-refractivity contribution is 6.09. The summed E-state index contributed by atoms with van der Waals surface area (Å²) in [6.45, 7) is 3.64. The maximum atomic E-state index is 13.9. The first-order valence-electron chi connectivity index (χ1n) is 15.1. The Labute approximate surface area is 244 Å². The van der Waals surface area contributed by atoms with Gasteiger partial charge >= 0.3 is 0 Å². The van der Waals surface area contributed by atoms with E-state index in [1.807, 2.05) is 66.7 Å². The van der Waals surface area contributed by atoms with E-state index in [9.17, 15) is 9.59 Å². The van der Waals surface area contributed by atoms with Crippen LogP contribution in [0.4, 0.5) is 11.4 Å². The standard InChI is InChI=1S/C37H40N2O2/c1-2-3-4-5-6-15-26-38-28-33(27-29-22-24-31(25-23-29)36(40)30-16-9-7-10-17-30)39(32-18-11-8-12-19-32)35-21-14-13-20-34(35)37(38)41/h7-14,16-25,33H,2-6,15,26-28H2,1H3. The minimum Gasteiger partial charge on any atom is -0.336 e. The number of benzene rings is 4. The van der Waals surface area contributed by atoms with E-state index in [2.05, 4.69) is 59.2 Å². The lowest BCUT2D eigenvalue weighted by molar-refractivity contribution is 0.0750. The Kier molecular flexibility index (Phi) is 9.64. The van der Waals surface area contributed by atoms with E-state index < -0.39 is 0 Å². The number of amides is 1. The van der Waals surface area contributed by atoms with Crippen LogP contribution in [0.15, 0.2) is 109 Å². The number of unbranched alkanes of at least 4 members (excludes halogenated alkanes) is 5. The Morgan fingerprint density at radius 2 is 1.32 bits per heavy atom. The fourth-order valence-electron chi connectivity index (χ4n) is 5.84. The second-order valence-corrected chi connectivity index (χ2v) is 11.0. The van der Waals surface area contributed by atoms with E-state index in [0.29, 0.717) is 17.7 Å². The highest BCUT2D eigenvalue weighted by atomic mass is 16.2. The minimum atomic E-state index is 0.0298. The molecule has 0 N–H and O–H groups in total. The minimum absolute atomic E-state index is 0.0298. The molecule has 41 heavy (non-hydrogen) atoms. The molecule has 4 aromatic carbocycles. The molecule has 0 saturated heterocycles. The molecular weight excluding hydrogens is 504 g/mol. The van der Waals surface area contributed by atoms with Crippen molar-refractivity contribution >= 4 is 23.1 Å². The van der Waals surface area contributed by atoms with Crippen molar-refractivity contribution in [3.8, 4) is 0 Å². The van der Waals surface area contributed by atoms with Gasteiger partial charge < -0.3 is 9.80 Å². The molecule has 1 aliphatic heterocycles. The van der Waals surface area contributed by atoms with Gasteiger partial charge in [-0.3, -0.25) is 9.59 Å². The largest absolute Gasteiger partial charge is 0.336 e. The van der Waals surface area contributed by atoms with Gasteiger partial charge in [0.15, 0.2) is 5.78 Å². The van der Waals surface area contributed by atoms with Gasteiger partial charge in [0.25, 0.3) is 5.91 Å². The molecule has 1 atom stereocenters. The summed E-state index contributed by atoms with van der Waals surface area (Å²) in [5.74, 6) is 0.142. The number of anilines is 2. The number of carbonyl (C=O) groups is 2. The zero-order chi connectivity index (χ0) is 28.4. The van der Waals surface area contributed by atoms with Crippen molar-refractivity contribution in [1.82, 2.24) is 4.90 Å². The predicted molar refractivity (Wildman–Crippen MR) is 168 cm³/mol. The van der Waals surface area contributed by atoms with Crippen LogP contribution >= 0.6 is 0 Å². The second kappa shape index (κ2) is 13.9. The lowest BCUT2D eigenvalue weighted by Crippen LogP contribution is -2.42. The fraction of sp³-hybridized carbons (Fsp3) is 0.297. The summed E-state index contributed by atoms with van der Waals surface area (Å²) < 4.78 is 0. The molecule has 0 aliphatic carbocycles. The van der Waals surface area contributed by atoms with Gasteiger partial charge in [-0.25, -0.2) is 0 Å². The summed E-state index contributed by atoms with van der Waals surface area (Å²) in [7, 11) is 0. The normalized spacial score (nSPS) is 15.0. The van der Waals surface area contributed by atoms with Crippen molar-refractivity contribution in [2.45, 2.75) is 57.9 Å². The van der Waals surface area contributed by atoms with Crippen LogP contribution in [0.25, 0.3) is 0 Å². The summed E-state index contributed by atoms with van der Waals surface area (Å²) in [6, 6.07) is 35.9. The second-order valence-electron chi connectivity index (χ2n) is 11.0. The topological polar surface area (TPSA) is 40.6 Å². The molecule has 1 unspecified atom stereocenters. The summed E-state index contributed by atoms with van der Waals surface area (Å²) in [6.07, 6.45) is 7.92. The van der Waals surface area contributed by atoms with Gasteiger partial charge in [0, 0.05) is 29.9 Å². The summed E-state index contributed by atoms with van der Waals surface area (Å²) >= 11 is 0. The van der Waals surface area contributed by atoms with Crippen LogP contribution in [0.3, 0.4) is 0 Å². The van der Waals surface area contributed by atoms with Crippen molar-refractivity contribution in [3.63, 3.8) is 0 Å². The third-order valence-electron chi connectivity index (χ3n) is 8.02. The van der Waals surface area contributed by atoms with Crippen LogP contribution in [-0.2, 0) is 6.42 Å². The molecule has 4 nitrogen and oxygen atoms in total. The van der Waals surface area contributed by atoms with Crippen molar-refractivity contribution < 1.29 is 9.59 Å². The average Bonchev–Trinajstić information content (AvgIpc) is 3.14. The molecule has 1 amide bonds. The number of hydrogen-bond donors (Lipinski definition) is 0. The predicted octanol–water partition coefficient (Wildman–Crippen LogP) is 8.48. The van der Waals surface area contributed by atoms with E-state index >= 15 is 0 Å². The van der Waals surface area contributed by atoms with E-state index in [-0.39, 0.29) is 17.7 Å². The first-order chi connectivity index (χ1) is 20.2. The van der Waals surface area contributed by atoms with E-state index in [1.54, 1.807) is 0 Å². The number of hydrogen-bond acceptors (Lipinski definition) is 3. The van der Waals surface area contributed by atoms with Gasteiger partial charge in [0.1, 0.15) is 0 Å². The third kappa shape index (κ3) is 6.94. The molecule has 4 aromatic rings. The molecule has 0 aromatic heterocycles. The number of nitrogens with zero attached hydrogens (tertiary/aromatic N) is 2. The fourth-order valence-corrected chi connectivity index (χ4v) is 5.84. The van der Waals surface area contributed by atoms with Crippen LogP contribution in [0, 0.1) is 0 Å². The number of fused-ring (bicyclic) bond motifs is 1. The molecule has 5 rings (SSSR count). The molecular formula is C37H40N2O2. The molecule has 0 spiro atoms. The summed E-state index contributed by atoms with van der Waals surface area (Å²) in [5, 5.41) is 0. The number of rotatable bonds is 12. The smallest absolute Gasteiger partial charge is 0.256 e. The first kappa shape index (κ1) is 28.4. The SMILES string of the molecule is CCCCCCCCN1CC(Cc2ccc(C(=O)c3ccccc3)cc2)N(c2ccccc2)c2ccccc2C1=O. The van der Waals surface area contributed by atoms with E-state index in [1.165, 1.54) is 25.7 Å². The van der Waals surface area contributed by atoms with Crippen LogP contribution in [0.2, 0.25) is 0 Å². The Hall–Kier alpha value is -4.18. The lowest BCUT2D eigenvalue weighted by Gasteiger charge is -2.34. The molecule has 0 radical (unpaired) electrons. The van der Waals surface area contributed by atoms with Gasteiger partial charge in [-0.1, -0.05) is 124 Å². The van der Waals surface area contributed by atoms with Gasteiger partial charge in [-0.05, 0) is 42.7 Å². The summed E-state index contributed by atoms with van der Waals surface area (Å²) in [5.41, 5.74) is 5.32. The van der Waals surface area contributed by atoms with Gasteiger partial charge in [-0.15, -0.1) is 0 Å². The van der Waals surface area contributed by atoms with Gasteiger partial charge in [0.2, 0.25) is 0 Å². The van der Waals surface area contributed by atoms with Crippen LogP contribution in [-0.4, -0.2) is 35.7 Å². The Balaban J connectivity index is 1.42. The molecule has 1 heterocycles. The van der Waals surface area contributed by atoms with Gasteiger partial charge in [0.05, 0.1) is 17.3 Å². The Morgan fingerprint density at radius 1 is 0.707 bits per heavy atom. The van der Waals surface area contributed by atoms with Crippen LogP contribution in [0.5, 0.6) is 0 Å². The number of para-hydroxylation sites is 2. The van der Waals surface area contributed by atoms with Crippen LogP contribution < -0.4 is 4.90 Å². The maximum absolute atomic E-state index is 13.9. The zero-order valence-corrected chi connectivity index (χ0v) is 24.0. The molecule has 1 aliphatic rings. The Morgan fingerprint density at radius 3 is 2.05 bits per heavy atom.